The molecule has 1 aliphatic heterocycles. The van der Waals surface area contributed by atoms with E-state index >= 15 is 0 Å². The molecule has 104 valence electrons. The second-order valence-electron chi connectivity index (χ2n) is 4.80. The van der Waals surface area contributed by atoms with Crippen molar-refractivity contribution in [2.45, 2.75) is 12.5 Å². The minimum absolute atomic E-state index is 0.0272. The zero-order chi connectivity index (χ0) is 13.9. The first-order valence-electron chi connectivity index (χ1n) is 6.21. The lowest BCUT2D eigenvalue weighted by Crippen LogP contribution is -2.40. The van der Waals surface area contributed by atoms with Crippen molar-refractivity contribution in [2.24, 2.45) is 0 Å². The Balaban J connectivity index is 2.01. The highest BCUT2D eigenvalue weighted by atomic mass is 32.2. The van der Waals surface area contributed by atoms with Gasteiger partial charge in [0.05, 0.1) is 11.7 Å². The van der Waals surface area contributed by atoms with Crippen LogP contribution in [0.4, 0.5) is 0 Å². The van der Waals surface area contributed by atoms with Crippen LogP contribution >= 0.6 is 0 Å². The highest BCUT2D eigenvalue weighted by molar-refractivity contribution is 7.90. The van der Waals surface area contributed by atoms with Gasteiger partial charge in [-0.25, -0.2) is 8.42 Å². The third kappa shape index (κ3) is 3.78. The molecule has 5 nitrogen and oxygen atoms in total. The number of nitrogens with one attached hydrogen (secondary N) is 2. The van der Waals surface area contributed by atoms with Crippen molar-refractivity contribution < 1.29 is 13.2 Å². The maximum Gasteiger partial charge on any atom is 0.228 e. The van der Waals surface area contributed by atoms with Crippen LogP contribution in [0, 0.1) is 0 Å². The average Bonchev–Trinajstić information content (AvgIpc) is 2.36. The minimum Gasteiger partial charge on any atom is -0.355 e. The predicted octanol–water partition coefficient (Wildman–Crippen LogP) is 0.0342. The molecule has 1 aromatic carbocycles. The summed E-state index contributed by atoms with van der Waals surface area (Å²) in [6.07, 6.45) is 1.16. The monoisotopic (exact) mass is 282 g/mol. The van der Waals surface area contributed by atoms with Crippen LogP contribution < -0.4 is 10.6 Å². The Morgan fingerprint density at radius 2 is 2.16 bits per heavy atom. The quantitative estimate of drug-likeness (QED) is 0.817. The fraction of sp³-hybridized carbons (Fsp3) is 0.462. The first kappa shape index (κ1) is 14.0. The lowest BCUT2D eigenvalue weighted by molar-refractivity contribution is -0.122. The van der Waals surface area contributed by atoms with Crippen molar-refractivity contribution in [2.75, 3.05) is 25.1 Å². The van der Waals surface area contributed by atoms with Crippen LogP contribution in [0.1, 0.15) is 17.0 Å². The summed E-state index contributed by atoms with van der Waals surface area (Å²) in [5.41, 5.74) is 2.15. The molecule has 0 bridgehead atoms. The molecule has 1 atom stereocenters. The van der Waals surface area contributed by atoms with Crippen LogP contribution in [0.3, 0.4) is 0 Å². The summed E-state index contributed by atoms with van der Waals surface area (Å²) in [6.45, 7) is 1.52. The predicted molar refractivity (Wildman–Crippen MR) is 73.6 cm³/mol. The molecule has 1 heterocycles. The molecule has 1 amide bonds. The fourth-order valence-corrected chi connectivity index (χ4v) is 2.69. The SMILES string of the molecule is CS(=O)(=O)CCNC(=O)C1CNCc2ccccc21. The highest BCUT2D eigenvalue weighted by Gasteiger charge is 2.25. The van der Waals surface area contributed by atoms with Gasteiger partial charge in [0.25, 0.3) is 0 Å². The van der Waals surface area contributed by atoms with Gasteiger partial charge in [-0.1, -0.05) is 24.3 Å². The van der Waals surface area contributed by atoms with E-state index in [2.05, 4.69) is 10.6 Å². The Bertz CT molecular complexity index is 569. The molecule has 0 fully saturated rings. The molecule has 0 saturated heterocycles. The number of carbonyl (C=O) groups excluding carboxylic acids is 1. The van der Waals surface area contributed by atoms with Crippen LogP contribution in [0.5, 0.6) is 0 Å². The largest absolute Gasteiger partial charge is 0.355 e. The standard InChI is InChI=1S/C13H18N2O3S/c1-19(17,18)7-6-15-13(16)12-9-14-8-10-4-2-3-5-11(10)12/h2-5,12,14H,6-9H2,1H3,(H,15,16). The Labute approximate surface area is 113 Å². The zero-order valence-corrected chi connectivity index (χ0v) is 11.7. The van der Waals surface area contributed by atoms with Crippen LogP contribution in [-0.2, 0) is 21.2 Å². The van der Waals surface area contributed by atoms with Gasteiger partial charge in [0.2, 0.25) is 5.91 Å². The van der Waals surface area contributed by atoms with E-state index < -0.39 is 9.84 Å². The highest BCUT2D eigenvalue weighted by Crippen LogP contribution is 2.23. The molecular formula is C13H18N2O3S. The van der Waals surface area contributed by atoms with Crippen molar-refractivity contribution in [3.8, 4) is 0 Å². The first-order chi connectivity index (χ1) is 8.97. The molecule has 2 N–H and O–H groups in total. The second-order valence-corrected chi connectivity index (χ2v) is 7.06. The summed E-state index contributed by atoms with van der Waals surface area (Å²) in [5, 5.41) is 5.89. The second kappa shape index (κ2) is 5.71. The molecular weight excluding hydrogens is 264 g/mol. The molecule has 1 aromatic rings. The van der Waals surface area contributed by atoms with Crippen molar-refractivity contribution in [1.29, 1.82) is 0 Å². The van der Waals surface area contributed by atoms with E-state index in [-0.39, 0.29) is 24.1 Å². The molecule has 0 aliphatic carbocycles. The van der Waals surface area contributed by atoms with Gasteiger partial charge in [-0.15, -0.1) is 0 Å². The molecule has 1 unspecified atom stereocenters. The van der Waals surface area contributed by atoms with E-state index in [1.807, 2.05) is 24.3 Å². The molecule has 0 spiro atoms. The van der Waals surface area contributed by atoms with Gasteiger partial charge < -0.3 is 10.6 Å². The smallest absolute Gasteiger partial charge is 0.228 e. The van der Waals surface area contributed by atoms with Gasteiger partial charge in [-0.3, -0.25) is 4.79 Å². The number of amides is 1. The average molecular weight is 282 g/mol. The number of benzene rings is 1. The summed E-state index contributed by atoms with van der Waals surface area (Å²) in [6, 6.07) is 7.82. The fourth-order valence-electron chi connectivity index (χ4n) is 2.21. The van der Waals surface area contributed by atoms with Gasteiger partial charge in [0.15, 0.2) is 0 Å². The third-order valence-electron chi connectivity index (χ3n) is 3.18. The van der Waals surface area contributed by atoms with E-state index in [9.17, 15) is 13.2 Å². The summed E-state index contributed by atoms with van der Waals surface area (Å²) < 4.78 is 22.0. The molecule has 0 saturated carbocycles. The minimum atomic E-state index is -3.04. The van der Waals surface area contributed by atoms with Crippen LogP contribution in [0.2, 0.25) is 0 Å². The van der Waals surface area contributed by atoms with E-state index in [1.165, 1.54) is 0 Å². The first-order valence-corrected chi connectivity index (χ1v) is 8.27. The van der Waals surface area contributed by atoms with Gasteiger partial charge in [-0.05, 0) is 11.1 Å². The number of fused-ring (bicyclic) bond motifs is 1. The molecule has 0 aromatic heterocycles. The van der Waals surface area contributed by atoms with E-state index in [4.69, 9.17) is 0 Å². The van der Waals surface area contributed by atoms with Crippen LogP contribution in [0.15, 0.2) is 24.3 Å². The van der Waals surface area contributed by atoms with E-state index in [0.29, 0.717) is 6.54 Å². The summed E-state index contributed by atoms with van der Waals surface area (Å²) >= 11 is 0. The molecule has 0 radical (unpaired) electrons. The zero-order valence-electron chi connectivity index (χ0n) is 10.8. The number of rotatable bonds is 4. The lowest BCUT2D eigenvalue weighted by atomic mass is 9.90. The normalized spacial score (nSPS) is 18.7. The topological polar surface area (TPSA) is 75.3 Å². The Morgan fingerprint density at radius 1 is 1.42 bits per heavy atom. The van der Waals surface area contributed by atoms with Gasteiger partial charge >= 0.3 is 0 Å². The third-order valence-corrected chi connectivity index (χ3v) is 4.13. The van der Waals surface area contributed by atoms with Crippen molar-refractivity contribution >= 4 is 15.7 Å². The van der Waals surface area contributed by atoms with Gasteiger partial charge in [0.1, 0.15) is 9.84 Å². The Hall–Kier alpha value is -1.40. The number of carbonyl (C=O) groups is 1. The molecule has 2 rings (SSSR count). The van der Waals surface area contributed by atoms with E-state index in [0.717, 1.165) is 23.9 Å². The number of sulfone groups is 1. The van der Waals surface area contributed by atoms with Gasteiger partial charge in [0, 0.05) is 25.9 Å². The Kier molecular flexibility index (Phi) is 4.21. The summed E-state index contributed by atoms with van der Waals surface area (Å²) in [7, 11) is -3.04. The maximum atomic E-state index is 12.1. The van der Waals surface area contributed by atoms with Crippen molar-refractivity contribution in [3.05, 3.63) is 35.4 Å². The lowest BCUT2D eigenvalue weighted by Gasteiger charge is -2.25. The maximum absolute atomic E-state index is 12.1. The number of hydrogen-bond acceptors (Lipinski definition) is 4. The van der Waals surface area contributed by atoms with Crippen LogP contribution in [0.25, 0.3) is 0 Å². The number of hydrogen-bond donors (Lipinski definition) is 2. The molecule has 6 heteroatoms. The molecule has 1 aliphatic rings. The Morgan fingerprint density at radius 3 is 2.89 bits per heavy atom. The van der Waals surface area contributed by atoms with Crippen molar-refractivity contribution in [3.63, 3.8) is 0 Å². The van der Waals surface area contributed by atoms with Crippen LogP contribution in [-0.4, -0.2) is 39.4 Å². The summed E-state index contributed by atoms with van der Waals surface area (Å²) in [5.74, 6) is -0.395. The van der Waals surface area contributed by atoms with Crippen molar-refractivity contribution in [1.82, 2.24) is 10.6 Å². The summed E-state index contributed by atoms with van der Waals surface area (Å²) in [4.78, 5) is 12.1. The van der Waals surface area contributed by atoms with E-state index in [1.54, 1.807) is 0 Å². The molecule has 19 heavy (non-hydrogen) atoms. The van der Waals surface area contributed by atoms with Gasteiger partial charge in [-0.2, -0.15) is 0 Å².